The van der Waals surface area contributed by atoms with E-state index in [2.05, 4.69) is 16.7 Å². The number of nitriles is 2. The molecule has 0 saturated carbocycles. The Morgan fingerprint density at radius 2 is 1.93 bits per heavy atom. The lowest BCUT2D eigenvalue weighted by Gasteiger charge is -2.45. The van der Waals surface area contributed by atoms with Crippen molar-refractivity contribution in [2.45, 2.75) is 31.5 Å². The largest absolute Gasteiger partial charge is 0.388 e. The molecule has 3 rings (SSSR count). The number of hydrogen-bond donors (Lipinski definition) is 4. The number of guanidine groups is 1. The summed E-state index contributed by atoms with van der Waals surface area (Å²) in [6, 6.07) is 15.4. The molecule has 0 aromatic heterocycles. The van der Waals surface area contributed by atoms with E-state index < -0.39 is 17.7 Å². The van der Waals surface area contributed by atoms with Crippen LogP contribution in [0.4, 0.5) is 11.4 Å². The second kappa shape index (κ2) is 6.99. The SMILES string of the molecule is CC1(C)Nc2ccc(C#N)cc2C(N(C#N)C(=N)Nc2ccccc2)C1O. The highest BCUT2D eigenvalue weighted by Gasteiger charge is 2.44. The number of rotatable bonds is 2. The van der Waals surface area contributed by atoms with Crippen LogP contribution >= 0.6 is 0 Å². The molecule has 27 heavy (non-hydrogen) atoms. The van der Waals surface area contributed by atoms with Gasteiger partial charge in [-0.05, 0) is 44.2 Å². The molecule has 7 nitrogen and oxygen atoms in total. The molecule has 2 aromatic carbocycles. The van der Waals surface area contributed by atoms with Crippen LogP contribution in [0.3, 0.4) is 0 Å². The number of aliphatic hydroxyl groups excluding tert-OH is 1. The van der Waals surface area contributed by atoms with Crippen LogP contribution in [-0.2, 0) is 0 Å². The van der Waals surface area contributed by atoms with Gasteiger partial charge in [0.2, 0.25) is 5.96 Å². The summed E-state index contributed by atoms with van der Waals surface area (Å²) >= 11 is 0. The first kappa shape index (κ1) is 18.2. The Kier molecular flexibility index (Phi) is 4.72. The highest BCUT2D eigenvalue weighted by atomic mass is 16.3. The topological polar surface area (TPSA) is 119 Å². The molecular weight excluding hydrogens is 340 g/mol. The van der Waals surface area contributed by atoms with Gasteiger partial charge in [0.25, 0.3) is 0 Å². The molecule has 0 fully saturated rings. The molecule has 1 aliphatic heterocycles. The van der Waals surface area contributed by atoms with Crippen LogP contribution in [0, 0.1) is 28.2 Å². The summed E-state index contributed by atoms with van der Waals surface area (Å²) in [5.41, 5.74) is 1.68. The average Bonchev–Trinajstić information content (AvgIpc) is 2.65. The van der Waals surface area contributed by atoms with Crippen molar-refractivity contribution < 1.29 is 5.11 Å². The molecule has 0 radical (unpaired) electrons. The summed E-state index contributed by atoms with van der Waals surface area (Å²) < 4.78 is 0. The van der Waals surface area contributed by atoms with Crippen molar-refractivity contribution in [3.8, 4) is 12.3 Å². The third-order valence-electron chi connectivity index (χ3n) is 4.66. The fourth-order valence-electron chi connectivity index (χ4n) is 3.23. The van der Waals surface area contributed by atoms with Gasteiger partial charge in [-0.25, -0.2) is 4.90 Å². The predicted molar refractivity (Wildman–Crippen MR) is 103 cm³/mol. The van der Waals surface area contributed by atoms with E-state index in [0.29, 0.717) is 16.8 Å². The van der Waals surface area contributed by atoms with Crippen LogP contribution < -0.4 is 10.6 Å². The van der Waals surface area contributed by atoms with Crippen molar-refractivity contribution in [3.05, 3.63) is 59.7 Å². The van der Waals surface area contributed by atoms with Gasteiger partial charge < -0.3 is 15.7 Å². The van der Waals surface area contributed by atoms with Crippen LogP contribution in [0.15, 0.2) is 48.5 Å². The van der Waals surface area contributed by atoms with Gasteiger partial charge in [-0.2, -0.15) is 10.5 Å². The molecule has 0 spiro atoms. The normalized spacial score (nSPS) is 19.6. The van der Waals surface area contributed by atoms with Crippen LogP contribution in [0.5, 0.6) is 0 Å². The maximum absolute atomic E-state index is 11.0. The minimum absolute atomic E-state index is 0.154. The third kappa shape index (κ3) is 3.41. The van der Waals surface area contributed by atoms with Gasteiger partial charge in [-0.15, -0.1) is 0 Å². The average molecular weight is 360 g/mol. The minimum atomic E-state index is -0.989. The number of hydrogen-bond acceptors (Lipinski definition) is 5. The summed E-state index contributed by atoms with van der Waals surface area (Å²) in [6.07, 6.45) is 1.02. The Labute approximate surface area is 158 Å². The second-order valence-corrected chi connectivity index (χ2v) is 6.96. The van der Waals surface area contributed by atoms with E-state index in [9.17, 15) is 15.6 Å². The summed E-state index contributed by atoms with van der Waals surface area (Å²) in [5.74, 6) is -0.154. The molecule has 1 aliphatic rings. The van der Waals surface area contributed by atoms with Crippen molar-refractivity contribution >= 4 is 17.3 Å². The Morgan fingerprint density at radius 1 is 1.22 bits per heavy atom. The van der Waals surface area contributed by atoms with Crippen molar-refractivity contribution in [2.75, 3.05) is 10.6 Å². The van der Waals surface area contributed by atoms with Gasteiger partial charge >= 0.3 is 0 Å². The quantitative estimate of drug-likeness (QED) is 0.283. The molecule has 0 amide bonds. The Morgan fingerprint density at radius 3 is 2.56 bits per heavy atom. The molecule has 7 heteroatoms. The maximum atomic E-state index is 11.0. The Balaban J connectivity index is 2.03. The van der Waals surface area contributed by atoms with Crippen LogP contribution in [0.25, 0.3) is 0 Å². The van der Waals surface area contributed by atoms with Gasteiger partial charge in [0.1, 0.15) is 12.1 Å². The maximum Gasteiger partial charge on any atom is 0.209 e. The molecule has 0 aliphatic carbocycles. The first-order chi connectivity index (χ1) is 12.9. The van der Waals surface area contributed by atoms with E-state index in [1.54, 1.807) is 30.3 Å². The first-order valence-corrected chi connectivity index (χ1v) is 8.47. The lowest BCUT2D eigenvalue weighted by atomic mass is 9.81. The number of nitrogens with zero attached hydrogens (tertiary/aromatic N) is 3. The van der Waals surface area contributed by atoms with Gasteiger partial charge in [-0.1, -0.05) is 18.2 Å². The minimum Gasteiger partial charge on any atom is -0.388 e. The highest BCUT2D eigenvalue weighted by molar-refractivity contribution is 5.92. The molecular formula is C20H20N6O. The highest BCUT2D eigenvalue weighted by Crippen LogP contribution is 2.41. The second-order valence-electron chi connectivity index (χ2n) is 6.96. The van der Waals surface area contributed by atoms with E-state index in [1.807, 2.05) is 38.2 Å². The number of benzene rings is 2. The lowest BCUT2D eigenvalue weighted by molar-refractivity contribution is 0.0487. The summed E-state index contributed by atoms with van der Waals surface area (Å²) in [6.45, 7) is 3.66. The van der Waals surface area contributed by atoms with Crippen molar-refractivity contribution in [1.82, 2.24) is 4.90 Å². The Hall–Kier alpha value is -3.55. The van der Waals surface area contributed by atoms with Crippen LogP contribution in [0.1, 0.15) is 31.0 Å². The van der Waals surface area contributed by atoms with Crippen molar-refractivity contribution in [2.24, 2.45) is 0 Å². The zero-order valence-corrected chi connectivity index (χ0v) is 15.1. The number of para-hydroxylation sites is 1. The van der Waals surface area contributed by atoms with Crippen molar-refractivity contribution in [3.63, 3.8) is 0 Å². The van der Waals surface area contributed by atoms with Gasteiger partial charge in [-0.3, -0.25) is 5.41 Å². The number of nitrogens with one attached hydrogen (secondary N) is 3. The smallest absolute Gasteiger partial charge is 0.209 e. The van der Waals surface area contributed by atoms with Crippen molar-refractivity contribution in [1.29, 1.82) is 15.9 Å². The fraction of sp³-hybridized carbons (Fsp3) is 0.250. The first-order valence-electron chi connectivity index (χ1n) is 8.47. The molecule has 0 saturated heterocycles. The Bertz CT molecular complexity index is 941. The van der Waals surface area contributed by atoms with E-state index in [-0.39, 0.29) is 5.96 Å². The standard InChI is InChI=1S/C20H20N6O/c1-20(2)18(27)17(15-10-13(11-21)8-9-16(15)25-20)26(12-22)19(23)24-14-6-4-3-5-7-14/h3-10,17-18,25,27H,1-2H3,(H2,23,24). The van der Waals surface area contributed by atoms with Gasteiger partial charge in [0.15, 0.2) is 6.19 Å². The summed E-state index contributed by atoms with van der Waals surface area (Å²) in [5, 5.41) is 44.5. The zero-order valence-electron chi connectivity index (χ0n) is 15.1. The lowest BCUT2D eigenvalue weighted by Crippen LogP contribution is -2.55. The number of fused-ring (bicyclic) bond motifs is 1. The molecule has 1 heterocycles. The summed E-state index contributed by atoms with van der Waals surface area (Å²) in [4.78, 5) is 1.14. The monoisotopic (exact) mass is 360 g/mol. The van der Waals surface area contributed by atoms with Crippen LogP contribution in [0.2, 0.25) is 0 Å². The molecule has 2 atom stereocenters. The predicted octanol–water partition coefficient (Wildman–Crippen LogP) is 2.99. The molecule has 0 bridgehead atoms. The number of aliphatic hydroxyl groups is 1. The number of anilines is 2. The molecule has 4 N–H and O–H groups in total. The molecule has 2 aromatic rings. The van der Waals surface area contributed by atoms with E-state index in [1.165, 1.54) is 0 Å². The van der Waals surface area contributed by atoms with E-state index in [0.717, 1.165) is 10.6 Å². The zero-order chi connectivity index (χ0) is 19.6. The van der Waals surface area contributed by atoms with E-state index >= 15 is 0 Å². The van der Waals surface area contributed by atoms with Crippen LogP contribution in [-0.4, -0.2) is 27.6 Å². The van der Waals surface area contributed by atoms with E-state index in [4.69, 9.17) is 5.41 Å². The van der Waals surface area contributed by atoms with Gasteiger partial charge in [0, 0.05) is 16.9 Å². The van der Waals surface area contributed by atoms with Gasteiger partial charge in [0.05, 0.1) is 17.2 Å². The third-order valence-corrected chi connectivity index (χ3v) is 4.66. The molecule has 136 valence electrons. The molecule has 2 unspecified atom stereocenters. The summed E-state index contributed by atoms with van der Waals surface area (Å²) in [7, 11) is 0. The fourth-order valence-corrected chi connectivity index (χ4v) is 3.23.